The predicted octanol–water partition coefficient (Wildman–Crippen LogP) is 1.42. The molecule has 0 amide bonds. The highest BCUT2D eigenvalue weighted by Gasteiger charge is 2.41. The fraction of sp³-hybridized carbons (Fsp3) is 0.458. The van der Waals surface area contributed by atoms with Crippen molar-refractivity contribution < 1.29 is 42.5 Å². The summed E-state index contributed by atoms with van der Waals surface area (Å²) in [7, 11) is 2.59. The molecule has 0 saturated carbocycles. The Balaban J connectivity index is 2.03. The minimum Gasteiger partial charge on any atom is -0.493 e. The highest BCUT2D eigenvalue weighted by molar-refractivity contribution is 5.99. The molecule has 0 unspecified atom stereocenters. The van der Waals surface area contributed by atoms with Crippen molar-refractivity contribution in [3.8, 4) is 11.5 Å². The molecule has 2 heterocycles. The SMILES string of the molecule is CCC(=O)OC[C@H]1O[C@@H](n2cc(F)c(=O)n(C(=O)c3cccc(OC)c3OC)c2=O)C[C@@H]1OC(=O)CC. The lowest BCUT2D eigenvalue weighted by molar-refractivity contribution is -0.157. The van der Waals surface area contributed by atoms with Gasteiger partial charge in [-0.3, -0.25) is 23.7 Å². The standard InChI is InChI=1S/C24H27FN2O10/c1-5-19(28)35-12-17-16(37-20(29)6-2)10-18(36-17)26-11-14(25)23(31)27(24(26)32)22(30)13-8-7-9-15(33-3)21(13)34-4/h7-9,11,16-18H,5-6,10,12H2,1-4H3/t16-,17+,18+/m0/s1. The van der Waals surface area contributed by atoms with Gasteiger partial charge in [-0.1, -0.05) is 19.9 Å². The molecule has 0 N–H and O–H groups in total. The number of aromatic nitrogens is 2. The molecule has 1 aliphatic rings. The van der Waals surface area contributed by atoms with Gasteiger partial charge in [0.25, 0.3) is 11.5 Å². The van der Waals surface area contributed by atoms with Crippen molar-refractivity contribution in [3.63, 3.8) is 0 Å². The topological polar surface area (TPSA) is 141 Å². The Morgan fingerprint density at radius 2 is 1.78 bits per heavy atom. The van der Waals surface area contributed by atoms with Crippen LogP contribution in [0.3, 0.4) is 0 Å². The first-order chi connectivity index (χ1) is 17.7. The molecule has 0 spiro atoms. The van der Waals surface area contributed by atoms with Crippen molar-refractivity contribution in [2.24, 2.45) is 0 Å². The number of benzene rings is 1. The lowest BCUT2D eigenvalue weighted by Crippen LogP contribution is -2.46. The monoisotopic (exact) mass is 522 g/mol. The van der Waals surface area contributed by atoms with Gasteiger partial charge in [0.05, 0.1) is 26.0 Å². The summed E-state index contributed by atoms with van der Waals surface area (Å²) in [5, 5.41) is 0. The zero-order valence-electron chi connectivity index (χ0n) is 20.7. The van der Waals surface area contributed by atoms with Crippen LogP contribution in [0.1, 0.15) is 49.7 Å². The minimum absolute atomic E-state index is 0.0545. The highest BCUT2D eigenvalue weighted by Crippen LogP contribution is 2.32. The zero-order valence-corrected chi connectivity index (χ0v) is 20.7. The molecule has 1 aromatic carbocycles. The van der Waals surface area contributed by atoms with Gasteiger partial charge in [0.2, 0.25) is 5.82 Å². The summed E-state index contributed by atoms with van der Waals surface area (Å²) >= 11 is 0. The first kappa shape index (κ1) is 27.6. The van der Waals surface area contributed by atoms with E-state index in [1.807, 2.05) is 0 Å². The molecule has 200 valence electrons. The van der Waals surface area contributed by atoms with Crippen molar-refractivity contribution >= 4 is 17.8 Å². The third kappa shape index (κ3) is 5.71. The van der Waals surface area contributed by atoms with Gasteiger partial charge in [-0.15, -0.1) is 0 Å². The van der Waals surface area contributed by atoms with Crippen LogP contribution >= 0.6 is 0 Å². The average molecular weight is 522 g/mol. The summed E-state index contributed by atoms with van der Waals surface area (Å²) in [6.07, 6.45) is -2.52. The van der Waals surface area contributed by atoms with E-state index in [9.17, 15) is 28.4 Å². The third-order valence-corrected chi connectivity index (χ3v) is 5.67. The number of carbonyl (C=O) groups excluding carboxylic acids is 3. The van der Waals surface area contributed by atoms with Gasteiger partial charge < -0.3 is 23.7 Å². The molecular formula is C24H27FN2O10. The molecule has 12 nitrogen and oxygen atoms in total. The molecule has 3 atom stereocenters. The van der Waals surface area contributed by atoms with E-state index in [-0.39, 0.29) is 47.5 Å². The number of esters is 2. The van der Waals surface area contributed by atoms with Crippen molar-refractivity contribution in [2.75, 3.05) is 20.8 Å². The van der Waals surface area contributed by atoms with E-state index in [4.69, 9.17) is 23.7 Å². The normalized spacial score (nSPS) is 18.8. The molecule has 3 rings (SSSR count). The van der Waals surface area contributed by atoms with E-state index >= 15 is 0 Å². The second-order valence-electron chi connectivity index (χ2n) is 7.94. The van der Waals surface area contributed by atoms with Gasteiger partial charge in [0, 0.05) is 19.3 Å². The lowest BCUT2D eigenvalue weighted by atomic mass is 10.1. The third-order valence-electron chi connectivity index (χ3n) is 5.67. The fourth-order valence-corrected chi connectivity index (χ4v) is 3.78. The maximum Gasteiger partial charge on any atom is 0.340 e. The quantitative estimate of drug-likeness (QED) is 0.444. The van der Waals surface area contributed by atoms with Gasteiger partial charge in [0.1, 0.15) is 25.0 Å². The van der Waals surface area contributed by atoms with Crippen molar-refractivity contribution in [2.45, 2.75) is 51.5 Å². The van der Waals surface area contributed by atoms with E-state index in [0.717, 1.165) is 4.57 Å². The van der Waals surface area contributed by atoms with Crippen LogP contribution in [0.2, 0.25) is 0 Å². The molecule has 1 fully saturated rings. The Kier molecular flexibility index (Phi) is 8.81. The fourth-order valence-electron chi connectivity index (χ4n) is 3.78. The molecule has 1 saturated heterocycles. The van der Waals surface area contributed by atoms with Gasteiger partial charge in [0.15, 0.2) is 11.5 Å². The van der Waals surface area contributed by atoms with Gasteiger partial charge in [-0.2, -0.15) is 8.96 Å². The minimum atomic E-state index is -1.48. The van der Waals surface area contributed by atoms with E-state index < -0.39 is 53.3 Å². The summed E-state index contributed by atoms with van der Waals surface area (Å²) in [5.41, 5.74) is -2.89. The molecule has 0 bridgehead atoms. The number of hydrogen-bond acceptors (Lipinski definition) is 10. The summed E-state index contributed by atoms with van der Waals surface area (Å²) in [6.45, 7) is 2.88. The van der Waals surface area contributed by atoms with Crippen molar-refractivity contribution in [1.82, 2.24) is 9.13 Å². The number of methoxy groups -OCH3 is 2. The van der Waals surface area contributed by atoms with E-state index in [2.05, 4.69) is 0 Å². The zero-order chi connectivity index (χ0) is 27.3. The van der Waals surface area contributed by atoms with Crippen LogP contribution in [0.5, 0.6) is 11.5 Å². The Hall–Kier alpha value is -4.00. The number of rotatable bonds is 9. The van der Waals surface area contributed by atoms with Crippen LogP contribution in [0.25, 0.3) is 0 Å². The predicted molar refractivity (Wildman–Crippen MR) is 124 cm³/mol. The molecule has 2 aromatic rings. The van der Waals surface area contributed by atoms with Crippen LogP contribution in [0.4, 0.5) is 4.39 Å². The second-order valence-corrected chi connectivity index (χ2v) is 7.94. The number of hydrogen-bond donors (Lipinski definition) is 0. The molecule has 1 aromatic heterocycles. The van der Waals surface area contributed by atoms with E-state index in [0.29, 0.717) is 6.20 Å². The van der Waals surface area contributed by atoms with Crippen LogP contribution < -0.4 is 20.7 Å². The highest BCUT2D eigenvalue weighted by atomic mass is 19.1. The van der Waals surface area contributed by atoms with Crippen molar-refractivity contribution in [1.29, 1.82) is 0 Å². The summed E-state index contributed by atoms with van der Waals surface area (Å²) < 4.78 is 42.1. The molecule has 0 radical (unpaired) electrons. The second kappa shape index (κ2) is 11.8. The Morgan fingerprint density at radius 3 is 2.41 bits per heavy atom. The number of ether oxygens (including phenoxy) is 5. The van der Waals surface area contributed by atoms with Crippen LogP contribution in [0, 0.1) is 5.82 Å². The van der Waals surface area contributed by atoms with Gasteiger partial charge in [-0.25, -0.2) is 4.79 Å². The van der Waals surface area contributed by atoms with E-state index in [1.165, 1.54) is 32.4 Å². The first-order valence-electron chi connectivity index (χ1n) is 11.5. The van der Waals surface area contributed by atoms with Gasteiger partial charge in [-0.05, 0) is 12.1 Å². The Bertz CT molecular complexity index is 1300. The largest absolute Gasteiger partial charge is 0.493 e. The molecular weight excluding hydrogens is 495 g/mol. The smallest absolute Gasteiger partial charge is 0.340 e. The lowest BCUT2D eigenvalue weighted by Gasteiger charge is -2.18. The maximum atomic E-state index is 14.7. The molecule has 1 aliphatic heterocycles. The Labute approximate surface area is 210 Å². The maximum absolute atomic E-state index is 14.7. The number of nitrogens with zero attached hydrogens (tertiary/aromatic N) is 2. The average Bonchev–Trinajstić information content (AvgIpc) is 3.30. The van der Waals surface area contributed by atoms with Gasteiger partial charge >= 0.3 is 17.6 Å². The molecule has 13 heteroatoms. The summed E-state index contributed by atoms with van der Waals surface area (Å²) in [5.74, 6) is -3.55. The van der Waals surface area contributed by atoms with Crippen LogP contribution in [0.15, 0.2) is 34.0 Å². The van der Waals surface area contributed by atoms with E-state index in [1.54, 1.807) is 13.8 Å². The molecule has 0 aliphatic carbocycles. The number of carbonyl (C=O) groups is 3. The molecule has 37 heavy (non-hydrogen) atoms. The van der Waals surface area contributed by atoms with Crippen LogP contribution in [-0.2, 0) is 23.8 Å². The summed E-state index contributed by atoms with van der Waals surface area (Å²) in [4.78, 5) is 62.6. The number of halogens is 1. The van der Waals surface area contributed by atoms with Crippen LogP contribution in [-0.4, -0.2) is 60.0 Å². The Morgan fingerprint density at radius 1 is 1.08 bits per heavy atom. The number of para-hydroxylation sites is 1. The van der Waals surface area contributed by atoms with Crippen molar-refractivity contribution in [3.05, 3.63) is 56.6 Å². The first-order valence-corrected chi connectivity index (χ1v) is 11.5. The summed E-state index contributed by atoms with van der Waals surface area (Å²) in [6, 6.07) is 4.22.